The number of carbonyl (C=O) groups excluding carboxylic acids is 1. The van der Waals surface area contributed by atoms with Crippen LogP contribution in [0.4, 0.5) is 5.69 Å². The second kappa shape index (κ2) is 5.59. The molecular formula is C16H15N5O2. The highest BCUT2D eigenvalue weighted by Crippen LogP contribution is 2.20. The molecule has 1 unspecified atom stereocenters. The number of aliphatic hydroxyl groups excluding tert-OH is 1. The van der Waals surface area contributed by atoms with E-state index in [0.717, 1.165) is 5.52 Å². The van der Waals surface area contributed by atoms with Crippen LogP contribution in [-0.2, 0) is 7.05 Å². The predicted octanol–water partition coefficient (Wildman–Crippen LogP) is 2.08. The van der Waals surface area contributed by atoms with E-state index in [-0.39, 0.29) is 5.91 Å². The maximum Gasteiger partial charge on any atom is 0.272 e. The van der Waals surface area contributed by atoms with Gasteiger partial charge in [-0.3, -0.25) is 4.79 Å². The number of nitrogens with zero attached hydrogens (tertiary/aromatic N) is 3. The van der Waals surface area contributed by atoms with Crippen molar-refractivity contribution in [2.75, 3.05) is 5.32 Å². The van der Waals surface area contributed by atoms with Crippen LogP contribution in [-0.4, -0.2) is 25.5 Å². The number of benzene rings is 1. The first-order chi connectivity index (χ1) is 11.0. The summed E-state index contributed by atoms with van der Waals surface area (Å²) >= 11 is 0. The Hall–Kier alpha value is -3.11. The lowest BCUT2D eigenvalue weighted by Crippen LogP contribution is -2.15. The molecule has 0 aliphatic rings. The number of hydrogen-bond acceptors (Lipinski definition) is 4. The van der Waals surface area contributed by atoms with Crippen molar-refractivity contribution in [2.45, 2.75) is 13.0 Å². The molecule has 1 atom stereocenters. The number of nitriles is 1. The van der Waals surface area contributed by atoms with Gasteiger partial charge in [-0.25, -0.2) is 4.98 Å². The molecule has 2 heterocycles. The summed E-state index contributed by atoms with van der Waals surface area (Å²) in [7, 11) is 1.71. The molecule has 1 amide bonds. The minimum Gasteiger partial charge on any atom is -0.385 e. The van der Waals surface area contributed by atoms with E-state index >= 15 is 0 Å². The topological polar surface area (TPSA) is 107 Å². The summed E-state index contributed by atoms with van der Waals surface area (Å²) in [4.78, 5) is 19.6. The lowest BCUT2D eigenvalue weighted by molar-refractivity contribution is 0.101. The normalized spacial score (nSPS) is 12.1. The summed E-state index contributed by atoms with van der Waals surface area (Å²) in [6, 6.07) is 8.79. The summed E-state index contributed by atoms with van der Waals surface area (Å²) in [6.45, 7) is 1.63. The van der Waals surface area contributed by atoms with Gasteiger partial charge in [-0.05, 0) is 31.2 Å². The van der Waals surface area contributed by atoms with Crippen molar-refractivity contribution < 1.29 is 9.90 Å². The van der Waals surface area contributed by atoms with Crippen LogP contribution in [0.15, 0.2) is 30.5 Å². The SMILES string of the molecule is CC(O)c1nc2ccc(NC(=O)c3cc(C#N)cn3C)cc2[nH]1. The summed E-state index contributed by atoms with van der Waals surface area (Å²) in [5.74, 6) is 0.174. The zero-order chi connectivity index (χ0) is 16.6. The van der Waals surface area contributed by atoms with Crippen LogP contribution >= 0.6 is 0 Å². The molecule has 23 heavy (non-hydrogen) atoms. The van der Waals surface area contributed by atoms with E-state index in [1.165, 1.54) is 6.07 Å². The summed E-state index contributed by atoms with van der Waals surface area (Å²) in [5, 5.41) is 21.2. The van der Waals surface area contributed by atoms with Crippen LogP contribution in [0.2, 0.25) is 0 Å². The van der Waals surface area contributed by atoms with E-state index in [4.69, 9.17) is 5.26 Å². The van der Waals surface area contributed by atoms with Crippen LogP contribution in [0.5, 0.6) is 0 Å². The maximum absolute atomic E-state index is 12.3. The molecule has 1 aromatic carbocycles. The van der Waals surface area contributed by atoms with Gasteiger partial charge in [0.2, 0.25) is 0 Å². The fourth-order valence-electron chi connectivity index (χ4n) is 2.35. The van der Waals surface area contributed by atoms with Gasteiger partial charge < -0.3 is 20.0 Å². The van der Waals surface area contributed by atoms with Gasteiger partial charge in [0.1, 0.15) is 23.7 Å². The van der Waals surface area contributed by atoms with Crippen molar-refractivity contribution in [3.63, 3.8) is 0 Å². The average Bonchev–Trinajstić information content (AvgIpc) is 3.10. The number of aromatic amines is 1. The zero-order valence-corrected chi connectivity index (χ0v) is 12.7. The largest absolute Gasteiger partial charge is 0.385 e. The lowest BCUT2D eigenvalue weighted by atomic mass is 10.2. The van der Waals surface area contributed by atoms with Gasteiger partial charge >= 0.3 is 0 Å². The number of rotatable bonds is 3. The minimum atomic E-state index is -0.687. The molecule has 0 spiro atoms. The second-order valence-corrected chi connectivity index (χ2v) is 5.32. The number of aromatic nitrogens is 3. The van der Waals surface area contributed by atoms with E-state index in [1.54, 1.807) is 42.9 Å². The standard InChI is InChI=1S/C16H15N5O2/c1-9(22)15-19-12-4-3-11(6-13(12)20-15)18-16(23)14-5-10(7-17)8-21(14)2/h3-6,8-9,22H,1-2H3,(H,18,23)(H,19,20). The highest BCUT2D eigenvalue weighted by molar-refractivity contribution is 6.04. The highest BCUT2D eigenvalue weighted by Gasteiger charge is 2.13. The smallest absolute Gasteiger partial charge is 0.272 e. The molecule has 7 heteroatoms. The van der Waals surface area contributed by atoms with Crippen LogP contribution in [0.25, 0.3) is 11.0 Å². The molecule has 116 valence electrons. The molecule has 3 rings (SSSR count). The molecule has 3 N–H and O–H groups in total. The Morgan fingerprint density at radius 1 is 1.48 bits per heavy atom. The fourth-order valence-corrected chi connectivity index (χ4v) is 2.35. The van der Waals surface area contributed by atoms with Crippen molar-refractivity contribution in [1.29, 1.82) is 5.26 Å². The summed E-state index contributed by atoms with van der Waals surface area (Å²) in [5.41, 5.74) is 2.87. The fraction of sp³-hybridized carbons (Fsp3) is 0.188. The van der Waals surface area contributed by atoms with Crippen molar-refractivity contribution in [3.8, 4) is 6.07 Å². The summed E-state index contributed by atoms with van der Waals surface area (Å²) < 4.78 is 1.61. The number of hydrogen-bond donors (Lipinski definition) is 3. The van der Waals surface area contributed by atoms with E-state index in [0.29, 0.717) is 28.3 Å². The Balaban J connectivity index is 1.87. The Labute approximate surface area is 132 Å². The van der Waals surface area contributed by atoms with Gasteiger partial charge in [0.15, 0.2) is 0 Å². The first-order valence-electron chi connectivity index (χ1n) is 7.03. The number of amides is 1. The molecule has 0 fully saturated rings. The van der Waals surface area contributed by atoms with Crippen molar-refractivity contribution in [2.24, 2.45) is 7.05 Å². The molecule has 0 aliphatic carbocycles. The van der Waals surface area contributed by atoms with Gasteiger partial charge in [0, 0.05) is 18.9 Å². The molecule has 2 aromatic heterocycles. The summed E-state index contributed by atoms with van der Waals surface area (Å²) in [6.07, 6.45) is 0.912. The average molecular weight is 309 g/mol. The zero-order valence-electron chi connectivity index (χ0n) is 12.7. The number of imidazole rings is 1. The number of H-pyrrole nitrogens is 1. The Kier molecular flexibility index (Phi) is 3.60. The number of carbonyl (C=O) groups is 1. The molecule has 0 aliphatic heterocycles. The molecule has 0 saturated carbocycles. The molecule has 0 saturated heterocycles. The van der Waals surface area contributed by atoms with Gasteiger partial charge in [-0.15, -0.1) is 0 Å². The molecule has 0 radical (unpaired) electrons. The number of fused-ring (bicyclic) bond motifs is 1. The second-order valence-electron chi connectivity index (χ2n) is 5.32. The van der Waals surface area contributed by atoms with Crippen LogP contribution in [0.1, 0.15) is 34.9 Å². The third kappa shape index (κ3) is 2.80. The first-order valence-corrected chi connectivity index (χ1v) is 7.03. The van der Waals surface area contributed by atoms with Gasteiger partial charge in [-0.2, -0.15) is 5.26 Å². The minimum absolute atomic E-state index is 0.302. The number of aryl methyl sites for hydroxylation is 1. The monoisotopic (exact) mass is 309 g/mol. The Morgan fingerprint density at radius 2 is 2.26 bits per heavy atom. The van der Waals surface area contributed by atoms with Crippen molar-refractivity contribution >= 4 is 22.6 Å². The molecular weight excluding hydrogens is 294 g/mol. The van der Waals surface area contributed by atoms with E-state index in [2.05, 4.69) is 15.3 Å². The predicted molar refractivity (Wildman–Crippen MR) is 84.8 cm³/mol. The molecule has 3 aromatic rings. The number of anilines is 1. The third-order valence-corrected chi connectivity index (χ3v) is 3.52. The highest BCUT2D eigenvalue weighted by atomic mass is 16.3. The van der Waals surface area contributed by atoms with Crippen LogP contribution in [0.3, 0.4) is 0 Å². The maximum atomic E-state index is 12.3. The third-order valence-electron chi connectivity index (χ3n) is 3.52. The van der Waals surface area contributed by atoms with Gasteiger partial charge in [0.05, 0.1) is 16.6 Å². The molecule has 7 nitrogen and oxygen atoms in total. The van der Waals surface area contributed by atoms with Crippen LogP contribution < -0.4 is 5.32 Å². The Bertz CT molecular complexity index is 930. The van der Waals surface area contributed by atoms with Gasteiger partial charge in [-0.1, -0.05) is 0 Å². The van der Waals surface area contributed by atoms with E-state index in [9.17, 15) is 9.90 Å². The quantitative estimate of drug-likeness (QED) is 0.688. The van der Waals surface area contributed by atoms with Crippen molar-refractivity contribution in [3.05, 3.63) is 47.5 Å². The Morgan fingerprint density at radius 3 is 2.91 bits per heavy atom. The number of aliphatic hydroxyl groups is 1. The number of nitrogens with one attached hydrogen (secondary N) is 2. The molecule has 0 bridgehead atoms. The van der Waals surface area contributed by atoms with Crippen molar-refractivity contribution in [1.82, 2.24) is 14.5 Å². The van der Waals surface area contributed by atoms with Gasteiger partial charge in [0.25, 0.3) is 5.91 Å². The lowest BCUT2D eigenvalue weighted by Gasteiger charge is -2.05. The van der Waals surface area contributed by atoms with Crippen LogP contribution in [0, 0.1) is 11.3 Å². The van der Waals surface area contributed by atoms with E-state index < -0.39 is 6.10 Å². The van der Waals surface area contributed by atoms with E-state index in [1.807, 2.05) is 6.07 Å². The first kappa shape index (κ1) is 14.8.